The summed E-state index contributed by atoms with van der Waals surface area (Å²) in [5.41, 5.74) is 5.19. The van der Waals surface area contributed by atoms with Crippen LogP contribution in [0.1, 0.15) is 80.9 Å². The Morgan fingerprint density at radius 1 is 0.810 bits per heavy atom. The molecule has 5 amide bonds. The van der Waals surface area contributed by atoms with Crippen molar-refractivity contribution >= 4 is 51.2 Å². The minimum Gasteiger partial charge on any atom is -0.368 e. The van der Waals surface area contributed by atoms with Crippen LogP contribution in [0.2, 0.25) is 0 Å². The monoisotopic (exact) mass is 856 g/mol. The number of unbranched alkanes of at least 4 members (excludes halogenated alkanes) is 1. The smallest absolute Gasteiger partial charge is 0.318 e. The van der Waals surface area contributed by atoms with Crippen molar-refractivity contribution in [3.8, 4) is 0 Å². The number of carbonyl (C=O) groups excluding carboxylic acids is 4. The van der Waals surface area contributed by atoms with Crippen LogP contribution in [-0.4, -0.2) is 123 Å². The molecule has 5 aromatic rings. The first kappa shape index (κ1) is 43.4. The minimum absolute atomic E-state index is 0.00849. The SMILES string of the molecule is CCCCC(=O)N1CCC(CC(NC(=O)[C@@H](Cc2cc(C)c3[nH]ncc3c2)NC(=O)N2CCC(c3cc4ccccc4[nH]c3=O)CC2)C(=O)N2CCN(c3ccncc3)CC2)CC1. The van der Waals surface area contributed by atoms with E-state index in [9.17, 15) is 24.0 Å². The van der Waals surface area contributed by atoms with Crippen molar-refractivity contribution in [3.63, 3.8) is 0 Å². The molecular weight excluding hydrogens is 797 g/mol. The third-order valence-corrected chi connectivity index (χ3v) is 13.4. The number of urea groups is 1. The molecule has 15 heteroatoms. The van der Waals surface area contributed by atoms with Crippen LogP contribution in [0.4, 0.5) is 10.5 Å². The van der Waals surface area contributed by atoms with Gasteiger partial charge in [0.25, 0.3) is 5.56 Å². The van der Waals surface area contributed by atoms with Crippen LogP contribution < -0.4 is 21.1 Å². The molecule has 3 fully saturated rings. The molecule has 0 aliphatic carbocycles. The third kappa shape index (κ3) is 10.3. The first-order valence-electron chi connectivity index (χ1n) is 22.8. The van der Waals surface area contributed by atoms with Crippen LogP contribution in [0.5, 0.6) is 0 Å². The molecule has 332 valence electrons. The molecule has 8 rings (SSSR count). The molecule has 1 unspecified atom stereocenters. The number of hydrogen-bond acceptors (Lipinski definition) is 8. The van der Waals surface area contributed by atoms with Crippen molar-refractivity contribution < 1.29 is 19.2 Å². The molecule has 3 aliphatic heterocycles. The van der Waals surface area contributed by atoms with Gasteiger partial charge in [-0.2, -0.15) is 5.10 Å². The number of amides is 5. The second kappa shape index (κ2) is 19.9. The van der Waals surface area contributed by atoms with Gasteiger partial charge in [-0.25, -0.2) is 4.79 Å². The van der Waals surface area contributed by atoms with Crippen molar-refractivity contribution in [1.82, 2.24) is 45.5 Å². The highest BCUT2D eigenvalue weighted by molar-refractivity contribution is 5.92. The summed E-state index contributed by atoms with van der Waals surface area (Å²) in [5, 5.41) is 15.4. The van der Waals surface area contributed by atoms with Crippen LogP contribution in [0.25, 0.3) is 21.8 Å². The van der Waals surface area contributed by atoms with Gasteiger partial charge in [-0.3, -0.25) is 29.3 Å². The molecule has 2 aromatic carbocycles. The zero-order valence-electron chi connectivity index (χ0n) is 36.5. The fourth-order valence-corrected chi connectivity index (χ4v) is 9.67. The maximum atomic E-state index is 14.7. The molecule has 3 saturated heterocycles. The van der Waals surface area contributed by atoms with Crippen LogP contribution >= 0.6 is 0 Å². The number of piperidine rings is 2. The normalized spacial score (nSPS) is 17.5. The Hall–Kier alpha value is -6.25. The van der Waals surface area contributed by atoms with E-state index in [2.05, 4.69) is 42.6 Å². The van der Waals surface area contributed by atoms with Gasteiger partial charge in [0.05, 0.1) is 11.7 Å². The van der Waals surface area contributed by atoms with E-state index in [1.165, 1.54) is 0 Å². The highest BCUT2D eigenvalue weighted by Gasteiger charge is 2.36. The molecule has 0 saturated carbocycles. The lowest BCUT2D eigenvalue weighted by molar-refractivity contribution is -0.138. The Morgan fingerprint density at radius 2 is 1.54 bits per heavy atom. The second-order valence-electron chi connectivity index (χ2n) is 17.6. The van der Waals surface area contributed by atoms with Gasteiger partial charge in [0.2, 0.25) is 17.7 Å². The number of rotatable bonds is 13. The van der Waals surface area contributed by atoms with E-state index >= 15 is 0 Å². The van der Waals surface area contributed by atoms with Gasteiger partial charge in [0.15, 0.2) is 0 Å². The number of aryl methyl sites for hydroxylation is 1. The summed E-state index contributed by atoms with van der Waals surface area (Å²) in [7, 11) is 0. The Morgan fingerprint density at radius 3 is 2.29 bits per heavy atom. The number of benzene rings is 2. The van der Waals surface area contributed by atoms with E-state index in [-0.39, 0.29) is 41.7 Å². The summed E-state index contributed by atoms with van der Waals surface area (Å²) < 4.78 is 0. The molecule has 63 heavy (non-hydrogen) atoms. The first-order chi connectivity index (χ1) is 30.6. The molecule has 3 aliphatic rings. The Labute approximate surface area is 368 Å². The quantitative estimate of drug-likeness (QED) is 0.124. The summed E-state index contributed by atoms with van der Waals surface area (Å²) in [6.07, 6.45) is 11.0. The number of nitrogens with one attached hydrogen (secondary N) is 4. The fraction of sp³-hybridized carbons (Fsp3) is 0.479. The van der Waals surface area contributed by atoms with Crippen LogP contribution in [0, 0.1) is 12.8 Å². The highest BCUT2D eigenvalue weighted by atomic mass is 16.2. The average molecular weight is 857 g/mol. The zero-order chi connectivity index (χ0) is 43.9. The number of fused-ring (bicyclic) bond motifs is 2. The maximum Gasteiger partial charge on any atom is 0.318 e. The van der Waals surface area contributed by atoms with E-state index in [1.807, 2.05) is 71.3 Å². The summed E-state index contributed by atoms with van der Waals surface area (Å²) in [6.45, 7) is 8.47. The number of aromatic nitrogens is 4. The largest absolute Gasteiger partial charge is 0.368 e. The lowest BCUT2D eigenvalue weighted by Crippen LogP contribution is -2.59. The number of carbonyl (C=O) groups is 4. The van der Waals surface area contributed by atoms with Crippen molar-refractivity contribution in [2.45, 2.75) is 89.6 Å². The van der Waals surface area contributed by atoms with E-state index in [1.54, 1.807) is 23.5 Å². The highest BCUT2D eigenvalue weighted by Crippen LogP contribution is 2.29. The number of para-hydroxylation sites is 1. The van der Waals surface area contributed by atoms with Crippen molar-refractivity contribution in [3.05, 3.63) is 100 Å². The number of hydrogen-bond donors (Lipinski definition) is 4. The van der Waals surface area contributed by atoms with Gasteiger partial charge in [-0.05, 0) is 104 Å². The van der Waals surface area contributed by atoms with Gasteiger partial charge in [-0.1, -0.05) is 37.6 Å². The molecule has 4 N–H and O–H groups in total. The van der Waals surface area contributed by atoms with Crippen molar-refractivity contribution in [2.75, 3.05) is 57.3 Å². The predicted octanol–water partition coefficient (Wildman–Crippen LogP) is 5.26. The number of nitrogens with zero attached hydrogens (tertiary/aromatic N) is 6. The Kier molecular flexibility index (Phi) is 13.7. The second-order valence-corrected chi connectivity index (χ2v) is 17.6. The number of piperazine rings is 1. The summed E-state index contributed by atoms with van der Waals surface area (Å²) in [4.78, 5) is 84.3. The van der Waals surface area contributed by atoms with Gasteiger partial charge in [0.1, 0.15) is 12.1 Å². The lowest BCUT2D eigenvalue weighted by atomic mass is 9.89. The fourth-order valence-electron chi connectivity index (χ4n) is 9.67. The summed E-state index contributed by atoms with van der Waals surface area (Å²) in [5.74, 6) is -0.261. The molecule has 15 nitrogen and oxygen atoms in total. The van der Waals surface area contributed by atoms with Gasteiger partial charge < -0.3 is 35.2 Å². The average Bonchev–Trinajstić information content (AvgIpc) is 3.80. The van der Waals surface area contributed by atoms with Crippen LogP contribution in [-0.2, 0) is 20.8 Å². The van der Waals surface area contributed by atoms with Crippen molar-refractivity contribution in [2.24, 2.45) is 5.92 Å². The summed E-state index contributed by atoms with van der Waals surface area (Å²) >= 11 is 0. The standard InChI is InChI=1S/C48H60N10O5/c1-3-4-9-43(59)56-18-12-33(13-19-56)28-42(47(62)57-24-22-55(23-25-57)38-10-16-49-17-11-38)52-46(61)41(29-34-26-32(2)44-37(27-34)31-50-54-44)53-48(63)58-20-14-35(15-21-58)39-30-36-7-5-6-8-40(36)51-45(39)60/h5-8,10-11,16-17,26-27,30-31,33,35,41-42H,3-4,9,12-15,18-25,28-29H2,1-2H3,(H,50,54)(H,51,60)(H,52,61)(H,53,63)/t41-,42?/m1/s1. The van der Waals surface area contributed by atoms with E-state index < -0.39 is 18.0 Å². The molecule has 0 radical (unpaired) electrons. The first-order valence-corrected chi connectivity index (χ1v) is 22.8. The maximum absolute atomic E-state index is 14.7. The van der Waals surface area contributed by atoms with Crippen molar-refractivity contribution in [1.29, 1.82) is 0 Å². The number of likely N-dealkylation sites (tertiary alicyclic amines) is 2. The van der Waals surface area contributed by atoms with Crippen LogP contribution in [0.15, 0.2) is 78.0 Å². The zero-order valence-corrected chi connectivity index (χ0v) is 36.5. The third-order valence-electron chi connectivity index (χ3n) is 13.4. The number of pyridine rings is 2. The predicted molar refractivity (Wildman–Crippen MR) is 243 cm³/mol. The number of H-pyrrole nitrogens is 2. The Bertz CT molecular complexity index is 2450. The molecule has 3 aromatic heterocycles. The van der Waals surface area contributed by atoms with Gasteiger partial charge in [-0.15, -0.1) is 0 Å². The number of anilines is 1. The molecular formula is C48H60N10O5. The van der Waals surface area contributed by atoms with E-state index in [4.69, 9.17) is 0 Å². The van der Waals surface area contributed by atoms with Crippen LogP contribution in [0.3, 0.4) is 0 Å². The molecule has 0 bridgehead atoms. The summed E-state index contributed by atoms with van der Waals surface area (Å²) in [6, 6.07) is 15.4. The molecule has 6 heterocycles. The van der Waals surface area contributed by atoms with Gasteiger partial charge in [0, 0.05) is 99.7 Å². The van der Waals surface area contributed by atoms with E-state index in [0.29, 0.717) is 78.0 Å². The Balaban J connectivity index is 0.988. The number of aromatic amines is 2. The van der Waals surface area contributed by atoms with E-state index in [0.717, 1.165) is 69.9 Å². The molecule has 2 atom stereocenters. The lowest BCUT2D eigenvalue weighted by Gasteiger charge is -2.39. The molecule has 0 spiro atoms. The van der Waals surface area contributed by atoms with Gasteiger partial charge >= 0.3 is 6.03 Å². The minimum atomic E-state index is -0.987. The topological polar surface area (TPSA) is 180 Å².